The molecule has 2 rings (SSSR count). The molecule has 0 bridgehead atoms. The molecule has 1 N–H and O–H groups in total. The average Bonchev–Trinajstić information content (AvgIpc) is 2.71. The van der Waals surface area contributed by atoms with Crippen LogP contribution in [0.1, 0.15) is 38.3 Å². The predicted octanol–water partition coefficient (Wildman–Crippen LogP) is 2.25. The normalized spacial score (nSPS) is 19.9. The van der Waals surface area contributed by atoms with Crippen LogP contribution in [0.2, 0.25) is 0 Å². The van der Waals surface area contributed by atoms with Crippen molar-refractivity contribution in [3.63, 3.8) is 0 Å². The number of aromatic nitrogens is 2. The zero-order chi connectivity index (χ0) is 10.7. The average molecular weight is 207 g/mol. The molecule has 0 spiro atoms. The lowest BCUT2D eigenvalue weighted by atomic mass is 9.93. The number of likely N-dealkylation sites (tertiary alicyclic amines) is 1. The molecule has 1 aliphatic rings. The highest BCUT2D eigenvalue weighted by molar-refractivity contribution is 5.04. The highest BCUT2D eigenvalue weighted by Crippen LogP contribution is 2.26. The topological polar surface area (TPSA) is 31.9 Å². The van der Waals surface area contributed by atoms with Crippen LogP contribution >= 0.6 is 0 Å². The van der Waals surface area contributed by atoms with Gasteiger partial charge >= 0.3 is 0 Å². The third-order valence-electron chi connectivity index (χ3n) is 3.15. The van der Waals surface area contributed by atoms with E-state index < -0.39 is 0 Å². The molecule has 3 heteroatoms. The van der Waals surface area contributed by atoms with Crippen LogP contribution in [0.3, 0.4) is 0 Å². The summed E-state index contributed by atoms with van der Waals surface area (Å²) in [6.07, 6.45) is 6.35. The fourth-order valence-corrected chi connectivity index (χ4v) is 2.42. The van der Waals surface area contributed by atoms with E-state index >= 15 is 0 Å². The second kappa shape index (κ2) is 4.79. The van der Waals surface area contributed by atoms with Crippen molar-refractivity contribution in [1.82, 2.24) is 14.9 Å². The molecule has 1 aromatic rings. The van der Waals surface area contributed by atoms with Crippen LogP contribution in [0.5, 0.6) is 0 Å². The Balaban J connectivity index is 1.82. The summed E-state index contributed by atoms with van der Waals surface area (Å²) >= 11 is 0. The zero-order valence-electron chi connectivity index (χ0n) is 9.74. The molecule has 1 aromatic heterocycles. The largest absolute Gasteiger partial charge is 0.351 e. The maximum absolute atomic E-state index is 4.35. The van der Waals surface area contributed by atoms with Gasteiger partial charge in [-0.2, -0.15) is 0 Å². The zero-order valence-corrected chi connectivity index (χ0v) is 9.74. The van der Waals surface area contributed by atoms with Crippen molar-refractivity contribution in [1.29, 1.82) is 0 Å². The molecule has 15 heavy (non-hydrogen) atoms. The Labute approximate surface area is 91.9 Å². The van der Waals surface area contributed by atoms with Crippen molar-refractivity contribution in [2.24, 2.45) is 5.92 Å². The Morgan fingerprint density at radius 1 is 1.47 bits per heavy atom. The van der Waals surface area contributed by atoms with Gasteiger partial charge in [-0.3, -0.25) is 0 Å². The molecule has 0 amide bonds. The van der Waals surface area contributed by atoms with E-state index in [1.807, 2.05) is 6.20 Å². The standard InChI is InChI=1S/C12H21N3/c1-10(2)8-15-5-3-11(4-6-15)12-7-13-9-14-12/h7,9-11H,3-6,8H2,1-2H3,(H,13,14). The smallest absolute Gasteiger partial charge is 0.0923 e. The quantitative estimate of drug-likeness (QED) is 0.824. The fourth-order valence-electron chi connectivity index (χ4n) is 2.42. The summed E-state index contributed by atoms with van der Waals surface area (Å²) < 4.78 is 0. The number of aromatic amines is 1. The highest BCUT2D eigenvalue weighted by Gasteiger charge is 2.21. The summed E-state index contributed by atoms with van der Waals surface area (Å²) in [5.41, 5.74) is 1.25. The molecule has 0 atom stereocenters. The minimum absolute atomic E-state index is 0.680. The minimum atomic E-state index is 0.680. The fraction of sp³-hybridized carbons (Fsp3) is 0.750. The van der Waals surface area contributed by atoms with Gasteiger partial charge in [-0.15, -0.1) is 0 Å². The molecule has 0 aromatic carbocycles. The van der Waals surface area contributed by atoms with Gasteiger partial charge < -0.3 is 9.88 Å². The molecule has 0 radical (unpaired) electrons. The van der Waals surface area contributed by atoms with Crippen molar-refractivity contribution in [2.75, 3.05) is 19.6 Å². The molecule has 0 unspecified atom stereocenters. The summed E-state index contributed by atoms with van der Waals surface area (Å²) in [6.45, 7) is 8.29. The third-order valence-corrected chi connectivity index (χ3v) is 3.15. The lowest BCUT2D eigenvalue weighted by Crippen LogP contribution is -2.35. The molecular formula is C12H21N3. The Morgan fingerprint density at radius 3 is 2.73 bits per heavy atom. The molecule has 2 heterocycles. The Hall–Kier alpha value is -0.830. The molecule has 1 saturated heterocycles. The summed E-state index contributed by atoms with van der Waals surface area (Å²) in [5, 5.41) is 0. The van der Waals surface area contributed by atoms with Gasteiger partial charge in [-0.05, 0) is 31.8 Å². The summed E-state index contributed by atoms with van der Waals surface area (Å²) in [5.74, 6) is 1.46. The number of piperidine rings is 1. The monoisotopic (exact) mass is 207 g/mol. The number of hydrogen-bond acceptors (Lipinski definition) is 2. The first kappa shape index (κ1) is 10.7. The molecule has 84 valence electrons. The molecule has 1 fully saturated rings. The van der Waals surface area contributed by atoms with E-state index in [2.05, 4.69) is 28.7 Å². The second-order valence-electron chi connectivity index (χ2n) is 4.96. The van der Waals surface area contributed by atoms with Gasteiger partial charge in [0.25, 0.3) is 0 Å². The van der Waals surface area contributed by atoms with Crippen LogP contribution in [0, 0.1) is 5.92 Å². The lowest BCUT2D eigenvalue weighted by molar-refractivity contribution is 0.191. The van der Waals surface area contributed by atoms with E-state index in [0.717, 1.165) is 5.92 Å². The van der Waals surface area contributed by atoms with Crippen molar-refractivity contribution in [3.8, 4) is 0 Å². The van der Waals surface area contributed by atoms with Crippen molar-refractivity contribution >= 4 is 0 Å². The van der Waals surface area contributed by atoms with Gasteiger partial charge in [0.2, 0.25) is 0 Å². The maximum Gasteiger partial charge on any atom is 0.0923 e. The van der Waals surface area contributed by atoms with Gasteiger partial charge in [0, 0.05) is 18.7 Å². The lowest BCUT2D eigenvalue weighted by Gasteiger charge is -2.32. The SMILES string of the molecule is CC(C)CN1CCC(c2c[nH]cn2)CC1. The second-order valence-corrected chi connectivity index (χ2v) is 4.96. The Bertz CT molecular complexity index is 271. The minimum Gasteiger partial charge on any atom is -0.351 e. The first-order valence-corrected chi connectivity index (χ1v) is 5.96. The Kier molecular flexibility index (Phi) is 3.41. The molecule has 0 saturated carbocycles. The van der Waals surface area contributed by atoms with Crippen LogP contribution in [-0.2, 0) is 0 Å². The van der Waals surface area contributed by atoms with E-state index in [1.165, 1.54) is 38.2 Å². The molecular weight excluding hydrogens is 186 g/mol. The van der Waals surface area contributed by atoms with E-state index in [9.17, 15) is 0 Å². The molecule has 3 nitrogen and oxygen atoms in total. The van der Waals surface area contributed by atoms with Crippen molar-refractivity contribution in [3.05, 3.63) is 18.2 Å². The predicted molar refractivity (Wildman–Crippen MR) is 61.8 cm³/mol. The molecule has 1 aliphatic heterocycles. The number of hydrogen-bond donors (Lipinski definition) is 1. The summed E-state index contributed by atoms with van der Waals surface area (Å²) in [4.78, 5) is 9.97. The van der Waals surface area contributed by atoms with Crippen LogP contribution in [0.4, 0.5) is 0 Å². The van der Waals surface area contributed by atoms with Crippen molar-refractivity contribution < 1.29 is 0 Å². The Morgan fingerprint density at radius 2 is 2.20 bits per heavy atom. The van der Waals surface area contributed by atoms with Gasteiger partial charge in [0.15, 0.2) is 0 Å². The van der Waals surface area contributed by atoms with E-state index in [4.69, 9.17) is 0 Å². The number of nitrogens with one attached hydrogen (secondary N) is 1. The van der Waals surface area contributed by atoms with E-state index in [-0.39, 0.29) is 0 Å². The first-order valence-electron chi connectivity index (χ1n) is 5.96. The van der Waals surface area contributed by atoms with Gasteiger partial charge in [-0.25, -0.2) is 4.98 Å². The van der Waals surface area contributed by atoms with Gasteiger partial charge in [0.1, 0.15) is 0 Å². The van der Waals surface area contributed by atoms with Gasteiger partial charge in [0.05, 0.1) is 12.0 Å². The highest BCUT2D eigenvalue weighted by atomic mass is 15.1. The number of nitrogens with zero attached hydrogens (tertiary/aromatic N) is 2. The maximum atomic E-state index is 4.35. The van der Waals surface area contributed by atoms with E-state index in [1.54, 1.807) is 6.33 Å². The van der Waals surface area contributed by atoms with Crippen LogP contribution < -0.4 is 0 Å². The van der Waals surface area contributed by atoms with Crippen LogP contribution in [0.25, 0.3) is 0 Å². The first-order chi connectivity index (χ1) is 7.25. The van der Waals surface area contributed by atoms with Gasteiger partial charge in [-0.1, -0.05) is 13.8 Å². The van der Waals surface area contributed by atoms with E-state index in [0.29, 0.717) is 5.92 Å². The van der Waals surface area contributed by atoms with Crippen molar-refractivity contribution in [2.45, 2.75) is 32.6 Å². The number of rotatable bonds is 3. The molecule has 0 aliphatic carbocycles. The third kappa shape index (κ3) is 2.81. The van der Waals surface area contributed by atoms with Crippen LogP contribution in [-0.4, -0.2) is 34.5 Å². The summed E-state index contributed by atoms with van der Waals surface area (Å²) in [6, 6.07) is 0. The number of imidazole rings is 1. The number of H-pyrrole nitrogens is 1. The summed E-state index contributed by atoms with van der Waals surface area (Å²) in [7, 11) is 0. The van der Waals surface area contributed by atoms with Crippen LogP contribution in [0.15, 0.2) is 12.5 Å².